The van der Waals surface area contributed by atoms with Gasteiger partial charge in [0.2, 0.25) is 0 Å². The van der Waals surface area contributed by atoms with Crippen LogP contribution >= 0.6 is 35.3 Å². The van der Waals surface area contributed by atoms with Crippen LogP contribution in [0.5, 0.6) is 11.5 Å². The number of halogens is 1. The zero-order chi connectivity index (χ0) is 19.2. The van der Waals surface area contributed by atoms with E-state index in [2.05, 4.69) is 15.6 Å². The fourth-order valence-electron chi connectivity index (χ4n) is 3.55. The van der Waals surface area contributed by atoms with E-state index in [-0.39, 0.29) is 30.1 Å². The van der Waals surface area contributed by atoms with E-state index in [0.29, 0.717) is 13.2 Å². The van der Waals surface area contributed by atoms with E-state index >= 15 is 0 Å². The first kappa shape index (κ1) is 22.1. The third kappa shape index (κ3) is 5.97. The highest BCUT2D eigenvalue weighted by atomic mass is 127. The molecule has 1 aliphatic carbocycles. The van der Waals surface area contributed by atoms with Gasteiger partial charge in [0.15, 0.2) is 17.5 Å². The number of hydrogen-bond donors (Lipinski definition) is 2. The molecule has 4 rings (SSSR count). The number of nitrogens with one attached hydrogen (secondary N) is 2. The Hall–Kier alpha value is -1.55. The van der Waals surface area contributed by atoms with E-state index in [0.717, 1.165) is 43.3 Å². The number of para-hydroxylation sites is 2. The molecule has 0 bridgehead atoms. The van der Waals surface area contributed by atoms with Crippen molar-refractivity contribution in [2.24, 2.45) is 4.99 Å². The van der Waals surface area contributed by atoms with Gasteiger partial charge in [0.1, 0.15) is 12.7 Å². The lowest BCUT2D eigenvalue weighted by Crippen LogP contribution is -2.45. The number of fused-ring (bicyclic) bond motifs is 2. The van der Waals surface area contributed by atoms with E-state index in [1.165, 1.54) is 34.8 Å². The summed E-state index contributed by atoms with van der Waals surface area (Å²) in [6.45, 7) is 2.05. The summed E-state index contributed by atoms with van der Waals surface area (Å²) in [6.07, 6.45) is 7.04. The first-order valence-corrected chi connectivity index (χ1v) is 10.9. The molecule has 2 N–H and O–H groups in total. The van der Waals surface area contributed by atoms with Crippen molar-refractivity contribution in [3.63, 3.8) is 0 Å². The van der Waals surface area contributed by atoms with E-state index in [4.69, 9.17) is 14.5 Å². The van der Waals surface area contributed by atoms with Gasteiger partial charge in [0.25, 0.3) is 0 Å². The summed E-state index contributed by atoms with van der Waals surface area (Å²) in [5.74, 6) is 2.40. The number of hydrogen-bond acceptors (Lipinski definition) is 5. The van der Waals surface area contributed by atoms with E-state index in [1.807, 2.05) is 35.6 Å². The van der Waals surface area contributed by atoms with Crippen molar-refractivity contribution in [2.75, 3.05) is 26.7 Å². The highest BCUT2D eigenvalue weighted by molar-refractivity contribution is 14.0. The summed E-state index contributed by atoms with van der Waals surface area (Å²) >= 11 is 1.91. The quantitative estimate of drug-likeness (QED) is 0.260. The number of benzene rings is 1. The van der Waals surface area contributed by atoms with Gasteiger partial charge in [0, 0.05) is 24.9 Å². The van der Waals surface area contributed by atoms with Gasteiger partial charge >= 0.3 is 0 Å². The molecule has 0 saturated carbocycles. The van der Waals surface area contributed by atoms with Gasteiger partial charge in [-0.05, 0) is 44.2 Å². The second-order valence-electron chi connectivity index (χ2n) is 7.17. The fraction of sp³-hybridized carbons (Fsp3) is 0.524. The summed E-state index contributed by atoms with van der Waals surface area (Å²) in [7, 11) is 1.79. The smallest absolute Gasteiger partial charge is 0.191 e. The molecule has 1 aliphatic heterocycles. The summed E-state index contributed by atoms with van der Waals surface area (Å²) in [6, 6.07) is 7.77. The van der Waals surface area contributed by atoms with Crippen molar-refractivity contribution in [1.29, 1.82) is 0 Å². The minimum Gasteiger partial charge on any atom is -0.486 e. The maximum absolute atomic E-state index is 5.97. The van der Waals surface area contributed by atoms with Crippen LogP contribution in [-0.2, 0) is 19.3 Å². The van der Waals surface area contributed by atoms with Crippen LogP contribution in [0.3, 0.4) is 0 Å². The number of guanidine groups is 1. The van der Waals surface area contributed by atoms with Gasteiger partial charge in [-0.2, -0.15) is 0 Å². The number of rotatable bonds is 6. The summed E-state index contributed by atoms with van der Waals surface area (Å²) in [4.78, 5) is 10.6. The molecule has 1 aromatic heterocycles. The van der Waals surface area contributed by atoms with Crippen LogP contribution in [0.25, 0.3) is 0 Å². The Labute approximate surface area is 193 Å². The molecule has 0 fully saturated rings. The number of nitrogens with zero attached hydrogens (tertiary/aromatic N) is 2. The van der Waals surface area contributed by atoms with Crippen LogP contribution in [0.15, 0.2) is 29.3 Å². The molecule has 8 heteroatoms. The van der Waals surface area contributed by atoms with Crippen molar-refractivity contribution in [3.05, 3.63) is 39.8 Å². The third-order valence-corrected chi connectivity index (χ3v) is 6.26. The topological polar surface area (TPSA) is 67.8 Å². The van der Waals surface area contributed by atoms with E-state index in [1.54, 1.807) is 7.05 Å². The molecule has 1 unspecified atom stereocenters. The largest absolute Gasteiger partial charge is 0.486 e. The highest BCUT2D eigenvalue weighted by Crippen LogP contribution is 2.30. The molecule has 2 heterocycles. The van der Waals surface area contributed by atoms with Crippen LogP contribution in [0.4, 0.5) is 0 Å². The first-order chi connectivity index (χ1) is 13.8. The van der Waals surface area contributed by atoms with Crippen molar-refractivity contribution >= 4 is 41.3 Å². The zero-order valence-electron chi connectivity index (χ0n) is 16.8. The maximum atomic E-state index is 5.97. The molecule has 0 saturated heterocycles. The van der Waals surface area contributed by atoms with Gasteiger partial charge < -0.3 is 20.1 Å². The van der Waals surface area contributed by atoms with E-state index < -0.39 is 0 Å². The molecule has 1 aromatic carbocycles. The zero-order valence-corrected chi connectivity index (χ0v) is 19.9. The molecule has 1 atom stereocenters. The Morgan fingerprint density at radius 3 is 2.86 bits per heavy atom. The SMILES string of the molecule is CN=C(NCCCc1nc2c(s1)CCCC2)NCC1COc2ccccc2O1.I. The molecule has 0 amide bonds. The normalized spacial score (nSPS) is 17.8. The molecule has 2 aliphatic rings. The first-order valence-electron chi connectivity index (χ1n) is 10.1. The monoisotopic (exact) mass is 528 g/mol. The second kappa shape index (κ2) is 11.0. The van der Waals surface area contributed by atoms with Crippen molar-refractivity contribution in [3.8, 4) is 11.5 Å². The predicted molar refractivity (Wildman–Crippen MR) is 128 cm³/mol. The Bertz CT molecular complexity index is 803. The predicted octanol–water partition coefficient (Wildman–Crippen LogP) is 3.58. The molecule has 0 radical (unpaired) electrons. The second-order valence-corrected chi connectivity index (χ2v) is 8.33. The van der Waals surface area contributed by atoms with E-state index in [9.17, 15) is 0 Å². The van der Waals surface area contributed by atoms with Crippen molar-refractivity contribution in [2.45, 2.75) is 44.6 Å². The molecule has 158 valence electrons. The third-order valence-electron chi connectivity index (χ3n) is 5.04. The number of aliphatic imine (C=N–C) groups is 1. The summed E-state index contributed by atoms with van der Waals surface area (Å²) in [5, 5.41) is 7.99. The lowest BCUT2D eigenvalue weighted by Gasteiger charge is -2.27. The maximum Gasteiger partial charge on any atom is 0.191 e. The molecule has 2 aromatic rings. The van der Waals surface area contributed by atoms with Gasteiger partial charge in [-0.1, -0.05) is 12.1 Å². The Balaban J connectivity index is 0.00000240. The molecule has 0 spiro atoms. The number of aromatic nitrogens is 1. The standard InChI is InChI=1S/C21H28N4O2S.HI/c1-22-21(24-13-15-14-26-17-8-3-4-9-18(17)27-15)23-12-6-11-20-25-16-7-2-5-10-19(16)28-20;/h3-4,8-9,15H,2,5-7,10-14H2,1H3,(H2,22,23,24);1H. The summed E-state index contributed by atoms with van der Waals surface area (Å²) < 4.78 is 11.7. The fourth-order valence-corrected chi connectivity index (χ4v) is 4.75. The lowest BCUT2D eigenvalue weighted by atomic mass is 10.0. The van der Waals surface area contributed by atoms with Gasteiger partial charge in [-0.25, -0.2) is 4.98 Å². The van der Waals surface area contributed by atoms with Gasteiger partial charge in [0.05, 0.1) is 17.2 Å². The van der Waals surface area contributed by atoms with Crippen LogP contribution in [-0.4, -0.2) is 43.8 Å². The molecular weight excluding hydrogens is 499 g/mol. The minimum atomic E-state index is -0.0323. The van der Waals surface area contributed by atoms with Crippen LogP contribution in [0.1, 0.15) is 34.8 Å². The molecule has 6 nitrogen and oxygen atoms in total. The van der Waals surface area contributed by atoms with Crippen LogP contribution in [0, 0.1) is 0 Å². The Morgan fingerprint density at radius 2 is 2.03 bits per heavy atom. The van der Waals surface area contributed by atoms with Crippen molar-refractivity contribution < 1.29 is 9.47 Å². The van der Waals surface area contributed by atoms with Gasteiger partial charge in [-0.3, -0.25) is 4.99 Å². The average Bonchev–Trinajstić information content (AvgIpc) is 3.16. The van der Waals surface area contributed by atoms with Crippen molar-refractivity contribution in [1.82, 2.24) is 15.6 Å². The van der Waals surface area contributed by atoms with Crippen LogP contribution < -0.4 is 20.1 Å². The average molecular weight is 528 g/mol. The number of thiazole rings is 1. The number of aryl methyl sites for hydroxylation is 3. The number of ether oxygens (including phenoxy) is 2. The lowest BCUT2D eigenvalue weighted by molar-refractivity contribution is 0.0936. The Kier molecular flexibility index (Phi) is 8.40. The van der Waals surface area contributed by atoms with Crippen LogP contribution in [0.2, 0.25) is 0 Å². The Morgan fingerprint density at radius 1 is 1.21 bits per heavy atom. The summed E-state index contributed by atoms with van der Waals surface area (Å²) in [5.41, 5.74) is 1.35. The molecule has 29 heavy (non-hydrogen) atoms. The molecular formula is C21H29IN4O2S. The minimum absolute atomic E-state index is 0. The van der Waals surface area contributed by atoms with Gasteiger partial charge in [-0.15, -0.1) is 35.3 Å². The highest BCUT2D eigenvalue weighted by Gasteiger charge is 2.20.